The Morgan fingerprint density at radius 2 is 2.13 bits per heavy atom. The van der Waals surface area contributed by atoms with Gasteiger partial charge in [-0.2, -0.15) is 0 Å². The number of hydrogen-bond acceptors (Lipinski definition) is 6. The molecule has 2 heterocycles. The second kappa shape index (κ2) is 6.66. The summed E-state index contributed by atoms with van der Waals surface area (Å²) in [5, 5.41) is 10.1. The number of hydroxylamine groups is 1. The van der Waals surface area contributed by atoms with Crippen LogP contribution in [0.2, 0.25) is 5.02 Å². The average Bonchev–Trinajstić information content (AvgIpc) is 3.14. The first-order valence-electron chi connectivity index (χ1n) is 7.00. The minimum Gasteiger partial charge on any atom is -0.284 e. The maximum absolute atomic E-state index is 11.9. The number of aromatic nitrogens is 2. The first-order valence-corrected chi connectivity index (χ1v) is 8.20. The number of halogens is 1. The third-order valence-corrected chi connectivity index (χ3v) is 4.43. The van der Waals surface area contributed by atoms with E-state index >= 15 is 0 Å². The summed E-state index contributed by atoms with van der Waals surface area (Å²) in [7, 11) is 0. The van der Waals surface area contributed by atoms with Crippen molar-refractivity contribution in [3.63, 3.8) is 0 Å². The highest BCUT2D eigenvalue weighted by atomic mass is 35.5. The summed E-state index contributed by atoms with van der Waals surface area (Å²) in [5.41, 5.74) is 4.71. The quantitative estimate of drug-likeness (QED) is 0.918. The molecular weight excluding hydrogens is 336 g/mol. The molecule has 0 radical (unpaired) electrons. The van der Waals surface area contributed by atoms with Crippen LogP contribution in [0.3, 0.4) is 0 Å². The minimum atomic E-state index is -0.270. The summed E-state index contributed by atoms with van der Waals surface area (Å²) in [6.07, 6.45) is 1.67. The normalized spacial score (nSPS) is 16.8. The second-order valence-electron chi connectivity index (χ2n) is 5.08. The summed E-state index contributed by atoms with van der Waals surface area (Å²) in [4.78, 5) is 19.0. The summed E-state index contributed by atoms with van der Waals surface area (Å²) in [5.74, 6) is -0.0990. The zero-order valence-electron chi connectivity index (χ0n) is 12.6. The van der Waals surface area contributed by atoms with Crippen molar-refractivity contribution in [3.8, 4) is 0 Å². The molecule has 1 aliphatic rings. The highest BCUT2D eigenvalue weighted by Crippen LogP contribution is 2.24. The van der Waals surface area contributed by atoms with E-state index < -0.39 is 0 Å². The van der Waals surface area contributed by atoms with Gasteiger partial charge < -0.3 is 0 Å². The number of anilines is 1. The molecule has 0 spiro atoms. The van der Waals surface area contributed by atoms with Gasteiger partial charge in [0.15, 0.2) is 0 Å². The van der Waals surface area contributed by atoms with Gasteiger partial charge in [0, 0.05) is 11.9 Å². The van der Waals surface area contributed by atoms with E-state index in [0.29, 0.717) is 16.7 Å². The van der Waals surface area contributed by atoms with Gasteiger partial charge in [-0.05, 0) is 30.7 Å². The molecule has 120 valence electrons. The summed E-state index contributed by atoms with van der Waals surface area (Å²) in [6.45, 7) is 3.72. The van der Waals surface area contributed by atoms with Gasteiger partial charge in [-0.15, -0.1) is 10.2 Å². The SMILES string of the molecule is CC(=O)N(CC1C=C(c2ccc(Cl)cc2)NO1)c1nnc(C)s1. The lowest BCUT2D eigenvalue weighted by Gasteiger charge is -2.19. The van der Waals surface area contributed by atoms with Crippen LogP contribution in [0, 0.1) is 6.92 Å². The van der Waals surface area contributed by atoms with Crippen LogP contribution in [0.15, 0.2) is 30.3 Å². The van der Waals surface area contributed by atoms with E-state index in [1.54, 1.807) is 4.90 Å². The summed E-state index contributed by atoms with van der Waals surface area (Å²) >= 11 is 7.27. The van der Waals surface area contributed by atoms with E-state index in [9.17, 15) is 4.79 Å². The van der Waals surface area contributed by atoms with E-state index in [1.165, 1.54) is 18.3 Å². The van der Waals surface area contributed by atoms with Crippen LogP contribution < -0.4 is 10.4 Å². The Kier molecular flexibility index (Phi) is 4.61. The van der Waals surface area contributed by atoms with E-state index in [-0.39, 0.29) is 12.0 Å². The largest absolute Gasteiger partial charge is 0.284 e. The van der Waals surface area contributed by atoms with E-state index in [4.69, 9.17) is 16.4 Å². The van der Waals surface area contributed by atoms with Crippen molar-refractivity contribution in [2.75, 3.05) is 11.4 Å². The molecule has 1 aromatic carbocycles. The molecule has 0 fully saturated rings. The first-order chi connectivity index (χ1) is 11.0. The van der Waals surface area contributed by atoms with Gasteiger partial charge in [-0.25, -0.2) is 0 Å². The standard InChI is InChI=1S/C15H15ClN4O2S/c1-9-17-18-15(23-9)20(10(2)21)8-13-7-14(19-22-13)11-3-5-12(16)6-4-11/h3-7,13,19H,8H2,1-2H3. The van der Waals surface area contributed by atoms with Crippen LogP contribution in [0.1, 0.15) is 17.5 Å². The van der Waals surface area contributed by atoms with Gasteiger partial charge in [-0.3, -0.25) is 20.0 Å². The van der Waals surface area contributed by atoms with E-state index in [1.807, 2.05) is 37.3 Å². The van der Waals surface area contributed by atoms with Crippen LogP contribution in [0.4, 0.5) is 5.13 Å². The second-order valence-corrected chi connectivity index (χ2v) is 6.68. The maximum atomic E-state index is 11.9. The molecule has 1 unspecified atom stereocenters. The Bertz CT molecular complexity index is 744. The van der Waals surface area contributed by atoms with E-state index in [0.717, 1.165) is 16.3 Å². The zero-order chi connectivity index (χ0) is 16.4. The Balaban J connectivity index is 1.74. The predicted octanol–water partition coefficient (Wildman–Crippen LogP) is 2.80. The van der Waals surface area contributed by atoms with Gasteiger partial charge in [0.05, 0.1) is 12.2 Å². The monoisotopic (exact) mass is 350 g/mol. The molecule has 0 saturated carbocycles. The number of hydrogen-bond donors (Lipinski definition) is 1. The number of amides is 1. The van der Waals surface area contributed by atoms with Gasteiger partial charge >= 0.3 is 0 Å². The Labute approximate surface area is 142 Å². The Morgan fingerprint density at radius 1 is 1.39 bits per heavy atom. The van der Waals surface area contributed by atoms with Crippen molar-refractivity contribution >= 4 is 39.7 Å². The van der Waals surface area contributed by atoms with Crippen molar-refractivity contribution in [3.05, 3.63) is 45.9 Å². The third kappa shape index (κ3) is 3.69. The minimum absolute atomic E-state index is 0.0990. The molecule has 8 heteroatoms. The lowest BCUT2D eigenvalue weighted by molar-refractivity contribution is -0.117. The molecule has 0 bridgehead atoms. The summed E-state index contributed by atoms with van der Waals surface area (Å²) < 4.78 is 0. The molecule has 6 nitrogen and oxygen atoms in total. The lowest BCUT2D eigenvalue weighted by atomic mass is 10.1. The summed E-state index contributed by atoms with van der Waals surface area (Å²) in [6, 6.07) is 7.45. The van der Waals surface area contributed by atoms with Crippen molar-refractivity contribution in [1.82, 2.24) is 15.7 Å². The number of carbonyl (C=O) groups is 1. The zero-order valence-corrected chi connectivity index (χ0v) is 14.2. The van der Waals surface area contributed by atoms with Gasteiger partial charge in [-0.1, -0.05) is 35.1 Å². The maximum Gasteiger partial charge on any atom is 0.225 e. The van der Waals surface area contributed by atoms with E-state index in [2.05, 4.69) is 15.7 Å². The predicted molar refractivity (Wildman–Crippen MR) is 90.1 cm³/mol. The van der Waals surface area contributed by atoms with Gasteiger partial charge in [0.25, 0.3) is 0 Å². The molecule has 0 aliphatic carbocycles. The van der Waals surface area contributed by atoms with Crippen molar-refractivity contribution in [2.45, 2.75) is 20.0 Å². The molecule has 3 rings (SSSR count). The molecular formula is C15H15ClN4O2S. The molecule has 1 N–H and O–H groups in total. The fraction of sp³-hybridized carbons (Fsp3) is 0.267. The topological polar surface area (TPSA) is 67.4 Å². The Hall–Kier alpha value is -1.96. The number of nitrogens with zero attached hydrogens (tertiary/aromatic N) is 3. The number of aryl methyl sites for hydroxylation is 1. The molecule has 0 saturated heterocycles. The average molecular weight is 351 g/mol. The Morgan fingerprint density at radius 3 is 2.74 bits per heavy atom. The fourth-order valence-corrected chi connectivity index (χ4v) is 3.05. The highest BCUT2D eigenvalue weighted by Gasteiger charge is 2.24. The highest BCUT2D eigenvalue weighted by molar-refractivity contribution is 7.15. The number of nitrogens with one attached hydrogen (secondary N) is 1. The number of benzene rings is 1. The smallest absolute Gasteiger partial charge is 0.225 e. The molecule has 23 heavy (non-hydrogen) atoms. The molecule has 1 aromatic heterocycles. The van der Waals surface area contributed by atoms with Gasteiger partial charge in [0.1, 0.15) is 11.1 Å². The third-order valence-electron chi connectivity index (χ3n) is 3.32. The van der Waals surface area contributed by atoms with Crippen LogP contribution >= 0.6 is 22.9 Å². The van der Waals surface area contributed by atoms with Crippen molar-refractivity contribution in [2.24, 2.45) is 0 Å². The van der Waals surface area contributed by atoms with Crippen molar-refractivity contribution in [1.29, 1.82) is 0 Å². The molecule has 1 atom stereocenters. The lowest BCUT2D eigenvalue weighted by Crippen LogP contribution is -2.36. The fourth-order valence-electron chi connectivity index (χ4n) is 2.18. The van der Waals surface area contributed by atoms with Crippen LogP contribution in [-0.2, 0) is 9.63 Å². The van der Waals surface area contributed by atoms with Gasteiger partial charge in [0.2, 0.25) is 11.0 Å². The van der Waals surface area contributed by atoms with Crippen LogP contribution in [-0.4, -0.2) is 28.8 Å². The van der Waals surface area contributed by atoms with Crippen molar-refractivity contribution < 1.29 is 9.63 Å². The number of carbonyl (C=O) groups excluding carboxylic acids is 1. The molecule has 1 aliphatic heterocycles. The number of rotatable bonds is 4. The molecule has 2 aromatic rings. The first kappa shape index (κ1) is 15.9. The van der Waals surface area contributed by atoms with Crippen LogP contribution in [0.25, 0.3) is 5.70 Å². The van der Waals surface area contributed by atoms with Crippen LogP contribution in [0.5, 0.6) is 0 Å². The molecule has 1 amide bonds.